The summed E-state index contributed by atoms with van der Waals surface area (Å²) in [5, 5.41) is 17.1. The van der Waals surface area contributed by atoms with Gasteiger partial charge in [-0.25, -0.2) is 0 Å². The van der Waals surface area contributed by atoms with E-state index in [2.05, 4.69) is 412 Å². The molecule has 2 nitrogen and oxygen atoms in total. The van der Waals surface area contributed by atoms with Gasteiger partial charge in [-0.05, 0) is 227 Å². The standard InChI is InChI=1S/C103H70N2/c1-103(2)97-66-81(105(99-44-21-18-35-85(99)78-51-48-69-26-5-8-29-73(69)62-78)100-45-22-19-40-92(100)94-63-75-30-9-11-32-82(75)87-36-13-15-38-89(87)94)57-58-91(97)93-42-23-41-86(102(93)103)79-54-59-101(96(65-79)95-64-76-31-10-12-33-83(76)88-37-14-16-39-90(88)95)104(80-55-52-70(53-56-80)74-49-46-67-24-3-6-27-71(67)60-74)98-43-20-17-34-84(98)77-50-47-68-25-4-7-28-72(68)61-77/h3-66H,1-2H3. The first-order valence-electron chi connectivity index (χ1n) is 36.5. The Hall–Kier alpha value is -13.4. The van der Waals surface area contributed by atoms with Gasteiger partial charge in [0.15, 0.2) is 0 Å². The van der Waals surface area contributed by atoms with Gasteiger partial charge in [-0.3, -0.25) is 0 Å². The largest absolute Gasteiger partial charge is 0.309 e. The normalized spacial score (nSPS) is 12.4. The lowest BCUT2D eigenvalue weighted by Crippen LogP contribution is -2.18. The quantitative estimate of drug-likeness (QED) is 0.113. The van der Waals surface area contributed by atoms with E-state index in [1.165, 1.54) is 120 Å². The Balaban J connectivity index is 0.782. The molecule has 0 fully saturated rings. The molecule has 0 bridgehead atoms. The third kappa shape index (κ3) is 10.4. The predicted molar refractivity (Wildman–Crippen MR) is 449 cm³/mol. The van der Waals surface area contributed by atoms with Crippen molar-refractivity contribution in [1.29, 1.82) is 0 Å². The number of fused-ring (bicyclic) bond motifs is 12. The van der Waals surface area contributed by atoms with Gasteiger partial charge in [-0.15, -0.1) is 0 Å². The minimum atomic E-state index is -0.457. The van der Waals surface area contributed by atoms with E-state index in [0.29, 0.717) is 0 Å². The SMILES string of the molecule is CC1(C)c2cc(N(c3ccccc3-c3ccc4ccccc4c3)c3ccccc3-c3cc4ccccc4c4ccccc34)ccc2-c2cccc(-c3ccc(N(c4ccc(-c5ccc6ccccc6c5)cc4)c4ccccc4-c4ccc5ccccc5c4)c(-c4cc5ccccc5c5ccccc45)c3)c21. The van der Waals surface area contributed by atoms with Crippen LogP contribution in [0.4, 0.5) is 34.1 Å². The topological polar surface area (TPSA) is 6.48 Å². The summed E-state index contributed by atoms with van der Waals surface area (Å²) in [5.41, 5.74) is 25.1. The van der Waals surface area contributed by atoms with Gasteiger partial charge in [0.1, 0.15) is 0 Å². The molecule has 0 radical (unpaired) electrons. The van der Waals surface area contributed by atoms with Crippen molar-refractivity contribution in [3.05, 3.63) is 399 Å². The van der Waals surface area contributed by atoms with Crippen LogP contribution in [0.1, 0.15) is 25.0 Å². The van der Waals surface area contributed by atoms with Crippen LogP contribution in [0.25, 0.3) is 153 Å². The van der Waals surface area contributed by atoms with Crippen molar-refractivity contribution in [2.75, 3.05) is 9.80 Å². The van der Waals surface area contributed by atoms with Crippen LogP contribution in [0.15, 0.2) is 388 Å². The Labute approximate surface area is 611 Å². The average Bonchev–Trinajstić information content (AvgIpc) is 1.57. The summed E-state index contributed by atoms with van der Waals surface area (Å²) in [7, 11) is 0. The van der Waals surface area contributed by atoms with Crippen LogP contribution in [0.3, 0.4) is 0 Å². The second-order valence-corrected chi connectivity index (χ2v) is 28.7. The van der Waals surface area contributed by atoms with Gasteiger partial charge in [-0.2, -0.15) is 0 Å². The van der Waals surface area contributed by atoms with Crippen molar-refractivity contribution < 1.29 is 0 Å². The first-order valence-corrected chi connectivity index (χ1v) is 36.5. The van der Waals surface area contributed by atoms with Crippen molar-refractivity contribution in [1.82, 2.24) is 0 Å². The number of hydrogen-bond donors (Lipinski definition) is 0. The molecule has 0 saturated carbocycles. The smallest absolute Gasteiger partial charge is 0.0540 e. The summed E-state index contributed by atoms with van der Waals surface area (Å²) in [4.78, 5) is 5.07. The Morgan fingerprint density at radius 1 is 0.181 bits per heavy atom. The molecule has 0 heterocycles. The van der Waals surface area contributed by atoms with Crippen molar-refractivity contribution in [2.24, 2.45) is 0 Å². The molecule has 1 aliphatic rings. The number of para-hydroxylation sites is 3. The monoisotopic (exact) mass is 1330 g/mol. The molecule has 0 spiro atoms. The van der Waals surface area contributed by atoms with Crippen LogP contribution in [-0.4, -0.2) is 0 Å². The molecule has 20 rings (SSSR count). The number of anilines is 6. The molecule has 0 saturated heterocycles. The highest BCUT2D eigenvalue weighted by Crippen LogP contribution is 2.57. The molecule has 0 unspecified atom stereocenters. The summed E-state index contributed by atoms with van der Waals surface area (Å²) >= 11 is 0. The van der Waals surface area contributed by atoms with Crippen molar-refractivity contribution in [2.45, 2.75) is 19.3 Å². The average molecular weight is 1340 g/mol. The van der Waals surface area contributed by atoms with Gasteiger partial charge in [-0.1, -0.05) is 317 Å². The first-order chi connectivity index (χ1) is 51.8. The minimum Gasteiger partial charge on any atom is -0.309 e. The van der Waals surface area contributed by atoms with E-state index >= 15 is 0 Å². The molecular weight excluding hydrogens is 1270 g/mol. The first kappa shape index (κ1) is 61.5. The second kappa shape index (κ2) is 25.0. The summed E-state index contributed by atoms with van der Waals surface area (Å²) in [6.07, 6.45) is 0. The number of nitrogens with zero attached hydrogens (tertiary/aromatic N) is 2. The molecule has 0 aromatic heterocycles. The van der Waals surface area contributed by atoms with Crippen LogP contribution in [-0.2, 0) is 5.41 Å². The van der Waals surface area contributed by atoms with Gasteiger partial charge < -0.3 is 9.80 Å². The fourth-order valence-corrected chi connectivity index (χ4v) is 17.3. The number of rotatable bonds is 12. The second-order valence-electron chi connectivity index (χ2n) is 28.7. The number of hydrogen-bond acceptors (Lipinski definition) is 2. The zero-order chi connectivity index (χ0) is 69.7. The molecule has 0 aliphatic heterocycles. The minimum absolute atomic E-state index is 0.457. The van der Waals surface area contributed by atoms with Gasteiger partial charge >= 0.3 is 0 Å². The molecule has 19 aromatic rings. The molecule has 2 heteroatoms. The molecule has 0 N–H and O–H groups in total. The highest BCUT2D eigenvalue weighted by molar-refractivity contribution is 6.17. The Kier molecular flexibility index (Phi) is 14.6. The van der Waals surface area contributed by atoms with Crippen LogP contribution in [0.2, 0.25) is 0 Å². The van der Waals surface area contributed by atoms with Gasteiger partial charge in [0.2, 0.25) is 0 Å². The van der Waals surface area contributed by atoms with Crippen LogP contribution < -0.4 is 9.80 Å². The fraction of sp³-hybridized carbons (Fsp3) is 0.0291. The fourth-order valence-electron chi connectivity index (χ4n) is 17.3. The molecule has 19 aromatic carbocycles. The van der Waals surface area contributed by atoms with Gasteiger partial charge in [0, 0.05) is 39.0 Å². The summed E-state index contributed by atoms with van der Waals surface area (Å²) in [6.45, 7) is 4.90. The third-order valence-corrected chi connectivity index (χ3v) is 22.3. The highest BCUT2D eigenvalue weighted by Gasteiger charge is 2.39. The third-order valence-electron chi connectivity index (χ3n) is 22.3. The van der Waals surface area contributed by atoms with Gasteiger partial charge in [0.05, 0.1) is 22.7 Å². The zero-order valence-corrected chi connectivity index (χ0v) is 58.3. The lowest BCUT2D eigenvalue weighted by Gasteiger charge is -2.32. The Morgan fingerprint density at radius 3 is 1.10 bits per heavy atom. The molecular formula is C103H70N2. The van der Waals surface area contributed by atoms with E-state index in [9.17, 15) is 0 Å². The summed E-state index contributed by atoms with van der Waals surface area (Å²) < 4.78 is 0. The van der Waals surface area contributed by atoms with Crippen molar-refractivity contribution >= 4 is 110 Å². The summed E-state index contributed by atoms with van der Waals surface area (Å²) in [6, 6.07) is 145. The van der Waals surface area contributed by atoms with E-state index in [1.807, 2.05) is 0 Å². The predicted octanol–water partition coefficient (Wildman–Crippen LogP) is 29.0. The van der Waals surface area contributed by atoms with Crippen LogP contribution in [0.5, 0.6) is 0 Å². The van der Waals surface area contributed by atoms with Crippen molar-refractivity contribution in [3.63, 3.8) is 0 Å². The van der Waals surface area contributed by atoms with Crippen LogP contribution >= 0.6 is 0 Å². The van der Waals surface area contributed by atoms with Crippen LogP contribution in [0, 0.1) is 0 Å². The Morgan fingerprint density at radius 2 is 0.543 bits per heavy atom. The van der Waals surface area contributed by atoms with E-state index in [1.54, 1.807) is 0 Å². The Bertz CT molecular complexity index is 6710. The maximum absolute atomic E-state index is 2.55. The maximum Gasteiger partial charge on any atom is 0.0540 e. The maximum atomic E-state index is 2.55. The van der Waals surface area contributed by atoms with E-state index in [0.717, 1.165) is 78.6 Å². The molecule has 0 atom stereocenters. The molecule has 492 valence electrons. The summed E-state index contributed by atoms with van der Waals surface area (Å²) in [5.74, 6) is 0. The lowest BCUT2D eigenvalue weighted by atomic mass is 9.78. The van der Waals surface area contributed by atoms with E-state index in [-0.39, 0.29) is 0 Å². The van der Waals surface area contributed by atoms with E-state index in [4.69, 9.17) is 0 Å². The van der Waals surface area contributed by atoms with Crippen molar-refractivity contribution in [3.8, 4) is 77.9 Å². The molecule has 0 amide bonds. The van der Waals surface area contributed by atoms with E-state index < -0.39 is 5.41 Å². The van der Waals surface area contributed by atoms with Gasteiger partial charge in [0.25, 0.3) is 0 Å². The highest BCUT2D eigenvalue weighted by atomic mass is 15.2. The molecule has 105 heavy (non-hydrogen) atoms. The number of benzene rings is 19. The zero-order valence-electron chi connectivity index (χ0n) is 58.3. The lowest BCUT2D eigenvalue weighted by molar-refractivity contribution is 0.662. The molecule has 1 aliphatic carbocycles.